The summed E-state index contributed by atoms with van der Waals surface area (Å²) in [6.45, 7) is 7.74. The molecule has 1 N–H and O–H groups in total. The molecule has 0 bridgehead atoms. The molecule has 1 saturated heterocycles. The first-order valence-corrected chi connectivity index (χ1v) is 5.91. The molecule has 0 radical (unpaired) electrons. The first-order valence-electron chi connectivity index (χ1n) is 5.91. The maximum atomic E-state index is 11.8. The Morgan fingerprint density at radius 1 is 1.27 bits per heavy atom. The van der Waals surface area contributed by atoms with Crippen molar-refractivity contribution < 1.29 is 4.79 Å². The molecule has 0 aliphatic carbocycles. The van der Waals surface area contributed by atoms with Gasteiger partial charge in [-0.2, -0.15) is 0 Å². The first-order chi connectivity index (χ1) is 7.24. The lowest BCUT2D eigenvalue weighted by atomic mass is 10.3. The van der Waals surface area contributed by atoms with Gasteiger partial charge in [0.15, 0.2) is 0 Å². The van der Waals surface area contributed by atoms with Gasteiger partial charge in [0.1, 0.15) is 0 Å². The van der Waals surface area contributed by atoms with Gasteiger partial charge >= 0.3 is 0 Å². The zero-order valence-corrected chi connectivity index (χ0v) is 9.96. The third-order valence-corrected chi connectivity index (χ3v) is 2.84. The van der Waals surface area contributed by atoms with Crippen molar-refractivity contribution >= 4 is 5.91 Å². The number of likely N-dealkylation sites (N-methyl/N-ethyl adjacent to an activating group) is 1. The van der Waals surface area contributed by atoms with Gasteiger partial charge in [-0.05, 0) is 26.6 Å². The van der Waals surface area contributed by atoms with E-state index in [0.717, 1.165) is 45.7 Å². The first kappa shape index (κ1) is 12.5. The summed E-state index contributed by atoms with van der Waals surface area (Å²) >= 11 is 0. The van der Waals surface area contributed by atoms with Crippen LogP contribution in [-0.4, -0.2) is 62.0 Å². The van der Waals surface area contributed by atoms with Crippen molar-refractivity contribution in [3.05, 3.63) is 0 Å². The predicted octanol–water partition coefficient (Wildman–Crippen LogP) is 0.150. The lowest BCUT2D eigenvalue weighted by Gasteiger charge is -2.20. The lowest BCUT2D eigenvalue weighted by molar-refractivity contribution is -0.130. The second-order valence-corrected chi connectivity index (χ2v) is 4.14. The van der Waals surface area contributed by atoms with Crippen LogP contribution in [0.15, 0.2) is 0 Å². The van der Waals surface area contributed by atoms with Gasteiger partial charge < -0.3 is 15.1 Å². The van der Waals surface area contributed by atoms with Crippen LogP contribution in [0.1, 0.15) is 19.8 Å². The van der Waals surface area contributed by atoms with Crippen molar-refractivity contribution in [2.75, 3.05) is 46.3 Å². The van der Waals surface area contributed by atoms with E-state index in [-0.39, 0.29) is 0 Å². The highest BCUT2D eigenvalue weighted by Crippen LogP contribution is 2.02. The summed E-state index contributed by atoms with van der Waals surface area (Å²) in [5.74, 6) is 0.297. The molecule has 1 rings (SSSR count). The van der Waals surface area contributed by atoms with Gasteiger partial charge in [-0.25, -0.2) is 0 Å². The van der Waals surface area contributed by atoms with Crippen LogP contribution in [0, 0.1) is 0 Å². The van der Waals surface area contributed by atoms with Crippen molar-refractivity contribution in [3.8, 4) is 0 Å². The second-order valence-electron chi connectivity index (χ2n) is 4.14. The van der Waals surface area contributed by atoms with Gasteiger partial charge in [0.2, 0.25) is 5.91 Å². The molecule has 1 amide bonds. The molecule has 1 heterocycles. The summed E-state index contributed by atoms with van der Waals surface area (Å²) in [6.07, 6.45) is 1.74. The zero-order valence-electron chi connectivity index (χ0n) is 9.96. The Kier molecular flexibility index (Phi) is 5.65. The lowest BCUT2D eigenvalue weighted by Crippen LogP contribution is -2.36. The Hall–Kier alpha value is -0.610. The van der Waals surface area contributed by atoms with Crippen molar-refractivity contribution in [2.45, 2.75) is 19.8 Å². The van der Waals surface area contributed by atoms with Crippen LogP contribution in [0.3, 0.4) is 0 Å². The van der Waals surface area contributed by atoms with E-state index in [1.54, 1.807) is 0 Å². The van der Waals surface area contributed by atoms with Crippen LogP contribution in [-0.2, 0) is 4.79 Å². The van der Waals surface area contributed by atoms with Crippen LogP contribution in [0.2, 0.25) is 0 Å². The predicted molar refractivity (Wildman–Crippen MR) is 61.9 cm³/mol. The Morgan fingerprint density at radius 3 is 2.80 bits per heavy atom. The summed E-state index contributed by atoms with van der Waals surface area (Å²) in [5, 5.41) is 3.18. The number of carbonyl (C=O) groups excluding carboxylic acids is 1. The van der Waals surface area contributed by atoms with Crippen LogP contribution in [0.4, 0.5) is 0 Å². The molecule has 0 aromatic rings. The molecule has 0 aromatic carbocycles. The molecule has 88 valence electrons. The number of nitrogens with zero attached hydrogens (tertiary/aromatic N) is 2. The van der Waals surface area contributed by atoms with Crippen LogP contribution < -0.4 is 5.32 Å². The van der Waals surface area contributed by atoms with E-state index in [4.69, 9.17) is 0 Å². The Balaban J connectivity index is 2.25. The third-order valence-electron chi connectivity index (χ3n) is 2.84. The minimum Gasteiger partial charge on any atom is -0.341 e. The molecule has 0 spiro atoms. The molecule has 4 nitrogen and oxygen atoms in total. The smallest absolute Gasteiger partial charge is 0.223 e. The van der Waals surface area contributed by atoms with E-state index >= 15 is 0 Å². The zero-order chi connectivity index (χ0) is 11.1. The van der Waals surface area contributed by atoms with Crippen LogP contribution in [0.25, 0.3) is 0 Å². The average Bonchev–Trinajstić information content (AvgIpc) is 2.43. The van der Waals surface area contributed by atoms with Crippen molar-refractivity contribution in [1.29, 1.82) is 0 Å². The van der Waals surface area contributed by atoms with Crippen molar-refractivity contribution in [3.63, 3.8) is 0 Å². The highest BCUT2D eigenvalue weighted by molar-refractivity contribution is 5.76. The third kappa shape index (κ3) is 4.62. The average molecular weight is 213 g/mol. The monoisotopic (exact) mass is 213 g/mol. The van der Waals surface area contributed by atoms with Crippen molar-refractivity contribution in [1.82, 2.24) is 15.1 Å². The highest BCUT2D eigenvalue weighted by Gasteiger charge is 2.16. The summed E-state index contributed by atoms with van der Waals surface area (Å²) in [4.78, 5) is 16.1. The molecule has 0 saturated carbocycles. The van der Waals surface area contributed by atoms with Gasteiger partial charge in [0, 0.05) is 32.6 Å². The van der Waals surface area contributed by atoms with E-state index in [1.807, 2.05) is 4.90 Å². The van der Waals surface area contributed by atoms with E-state index in [1.165, 1.54) is 0 Å². The molecule has 0 atom stereocenters. The van der Waals surface area contributed by atoms with Gasteiger partial charge in [-0.1, -0.05) is 6.92 Å². The number of nitrogens with one attached hydrogen (secondary N) is 1. The normalized spacial score (nSPS) is 18.9. The molecule has 1 fully saturated rings. The maximum Gasteiger partial charge on any atom is 0.223 e. The Labute approximate surface area is 92.6 Å². The summed E-state index contributed by atoms with van der Waals surface area (Å²) in [5.41, 5.74) is 0. The second kappa shape index (κ2) is 6.80. The number of hydrogen-bond donors (Lipinski definition) is 1. The fourth-order valence-corrected chi connectivity index (χ4v) is 1.83. The van der Waals surface area contributed by atoms with E-state index in [0.29, 0.717) is 12.3 Å². The van der Waals surface area contributed by atoms with Gasteiger partial charge in [-0.3, -0.25) is 4.79 Å². The topological polar surface area (TPSA) is 35.6 Å². The van der Waals surface area contributed by atoms with Gasteiger partial charge in [0.05, 0.1) is 0 Å². The molecule has 4 heteroatoms. The standard InChI is InChI=1S/C11H23N3O/c1-3-12-6-5-11(15)14-8-4-7-13(2)9-10-14/h12H,3-10H2,1-2H3. The molecule has 15 heavy (non-hydrogen) atoms. The molecular formula is C11H23N3O. The summed E-state index contributed by atoms with van der Waals surface area (Å²) in [6, 6.07) is 0. The maximum absolute atomic E-state index is 11.8. The van der Waals surface area contributed by atoms with Crippen molar-refractivity contribution in [2.24, 2.45) is 0 Å². The van der Waals surface area contributed by atoms with Gasteiger partial charge in [0.25, 0.3) is 0 Å². The van der Waals surface area contributed by atoms with E-state index in [2.05, 4.69) is 24.2 Å². The molecule has 1 aliphatic heterocycles. The fourth-order valence-electron chi connectivity index (χ4n) is 1.83. The van der Waals surface area contributed by atoms with E-state index in [9.17, 15) is 4.79 Å². The van der Waals surface area contributed by atoms with Gasteiger partial charge in [-0.15, -0.1) is 0 Å². The number of rotatable bonds is 4. The summed E-state index contributed by atoms with van der Waals surface area (Å²) < 4.78 is 0. The summed E-state index contributed by atoms with van der Waals surface area (Å²) in [7, 11) is 2.12. The van der Waals surface area contributed by atoms with Crippen LogP contribution in [0.5, 0.6) is 0 Å². The largest absolute Gasteiger partial charge is 0.341 e. The molecular weight excluding hydrogens is 190 g/mol. The molecule has 1 aliphatic rings. The number of amides is 1. The highest BCUT2D eigenvalue weighted by atomic mass is 16.2. The Morgan fingerprint density at radius 2 is 2.07 bits per heavy atom. The number of hydrogen-bond acceptors (Lipinski definition) is 3. The van der Waals surface area contributed by atoms with Crippen LogP contribution >= 0.6 is 0 Å². The SMILES string of the molecule is CCNCCC(=O)N1CCCN(C)CC1. The van der Waals surface area contributed by atoms with E-state index < -0.39 is 0 Å². The quantitative estimate of drug-likeness (QED) is 0.675. The fraction of sp³-hybridized carbons (Fsp3) is 0.909. The Bertz CT molecular complexity index is 196. The minimum atomic E-state index is 0.297. The molecule has 0 unspecified atom stereocenters. The number of carbonyl (C=O) groups is 1. The minimum absolute atomic E-state index is 0.297. The molecule has 0 aromatic heterocycles.